The fourth-order valence-electron chi connectivity index (χ4n) is 1.12. The van der Waals surface area contributed by atoms with Crippen molar-refractivity contribution >= 4 is 0 Å². The molecule has 0 aliphatic carbocycles. The molecule has 0 N–H and O–H groups in total. The molecular weight excluding hydrogens is 156 g/mol. The Labute approximate surface area is 82.4 Å². The molecule has 0 rings (SSSR count). The topological polar surface area (TPSA) is 0 Å². The minimum Gasteiger partial charge on any atom is -0.0991 e. The van der Waals surface area contributed by atoms with Gasteiger partial charge in [0, 0.05) is 0 Å². The molecule has 0 saturated carbocycles. The van der Waals surface area contributed by atoms with E-state index in [1.54, 1.807) is 12.2 Å². The largest absolute Gasteiger partial charge is 0.0991 e. The first-order valence-corrected chi connectivity index (χ1v) is 4.54. The molecule has 0 radical (unpaired) electrons. The molecule has 0 amide bonds. The van der Waals surface area contributed by atoms with Crippen LogP contribution < -0.4 is 0 Å². The maximum absolute atomic E-state index is 3.94. The lowest BCUT2D eigenvalue weighted by Gasteiger charge is -2.20. The molecule has 0 fully saturated rings. The van der Waals surface area contributed by atoms with Crippen LogP contribution >= 0.6 is 0 Å². The van der Waals surface area contributed by atoms with Crippen molar-refractivity contribution in [1.82, 2.24) is 0 Å². The van der Waals surface area contributed by atoms with E-state index in [2.05, 4.69) is 40.5 Å². The van der Waals surface area contributed by atoms with Crippen LogP contribution in [0.4, 0.5) is 0 Å². The van der Waals surface area contributed by atoms with E-state index in [1.165, 1.54) is 5.57 Å². The molecule has 0 aliphatic rings. The zero-order valence-electron chi connectivity index (χ0n) is 9.06. The first-order valence-electron chi connectivity index (χ1n) is 4.54. The van der Waals surface area contributed by atoms with Crippen LogP contribution in [-0.2, 0) is 0 Å². The van der Waals surface area contributed by atoms with Gasteiger partial charge in [0.05, 0.1) is 0 Å². The number of allylic oxidation sites excluding steroid dienone is 5. The van der Waals surface area contributed by atoms with Crippen LogP contribution in [0.15, 0.2) is 49.1 Å². The predicted molar refractivity (Wildman–Crippen MR) is 61.7 cm³/mol. The maximum Gasteiger partial charge on any atom is -0.0224 e. The van der Waals surface area contributed by atoms with Crippen molar-refractivity contribution < 1.29 is 0 Å². The van der Waals surface area contributed by atoms with E-state index < -0.39 is 0 Å². The SMILES string of the molecule is C=C/C=C(/CC(C)(C)C)C(=C)C=C. The summed E-state index contributed by atoms with van der Waals surface area (Å²) in [4.78, 5) is 0. The third kappa shape index (κ3) is 5.24. The highest BCUT2D eigenvalue weighted by Crippen LogP contribution is 2.27. The fourth-order valence-corrected chi connectivity index (χ4v) is 1.12. The summed E-state index contributed by atoms with van der Waals surface area (Å²) in [7, 11) is 0. The van der Waals surface area contributed by atoms with Gasteiger partial charge in [-0.1, -0.05) is 58.7 Å². The Balaban J connectivity index is 4.64. The zero-order valence-corrected chi connectivity index (χ0v) is 9.06. The molecular formula is C13H20. The van der Waals surface area contributed by atoms with E-state index in [0.29, 0.717) is 0 Å². The third-order valence-electron chi connectivity index (χ3n) is 1.70. The summed E-state index contributed by atoms with van der Waals surface area (Å²) in [6.07, 6.45) is 6.61. The van der Waals surface area contributed by atoms with Crippen molar-refractivity contribution in [1.29, 1.82) is 0 Å². The van der Waals surface area contributed by atoms with Crippen LogP contribution in [0.1, 0.15) is 27.2 Å². The van der Waals surface area contributed by atoms with E-state index in [1.807, 2.05) is 6.08 Å². The van der Waals surface area contributed by atoms with Crippen molar-refractivity contribution in [3.05, 3.63) is 49.1 Å². The average molecular weight is 176 g/mol. The summed E-state index contributed by atoms with van der Waals surface area (Å²) in [5.74, 6) is 0. The van der Waals surface area contributed by atoms with Gasteiger partial charge in [-0.3, -0.25) is 0 Å². The summed E-state index contributed by atoms with van der Waals surface area (Å²) in [5.41, 5.74) is 2.49. The monoisotopic (exact) mass is 176 g/mol. The molecule has 0 heteroatoms. The summed E-state index contributed by atoms with van der Waals surface area (Å²) in [6, 6.07) is 0. The average Bonchev–Trinajstić information content (AvgIpc) is 2.00. The summed E-state index contributed by atoms with van der Waals surface area (Å²) in [5, 5.41) is 0. The van der Waals surface area contributed by atoms with Crippen molar-refractivity contribution in [2.24, 2.45) is 5.41 Å². The van der Waals surface area contributed by atoms with Crippen LogP contribution in [0.25, 0.3) is 0 Å². The van der Waals surface area contributed by atoms with Crippen molar-refractivity contribution in [2.45, 2.75) is 27.2 Å². The van der Waals surface area contributed by atoms with E-state index in [4.69, 9.17) is 0 Å². The van der Waals surface area contributed by atoms with Gasteiger partial charge in [-0.05, 0) is 23.0 Å². The summed E-state index contributed by atoms with van der Waals surface area (Å²) < 4.78 is 0. The molecule has 0 heterocycles. The molecule has 0 nitrogen and oxygen atoms in total. The molecule has 0 saturated heterocycles. The number of rotatable bonds is 4. The Morgan fingerprint density at radius 2 is 1.77 bits per heavy atom. The highest BCUT2D eigenvalue weighted by Gasteiger charge is 2.13. The van der Waals surface area contributed by atoms with Gasteiger partial charge < -0.3 is 0 Å². The van der Waals surface area contributed by atoms with Crippen LogP contribution in [0.2, 0.25) is 0 Å². The van der Waals surface area contributed by atoms with E-state index in [0.717, 1.165) is 12.0 Å². The van der Waals surface area contributed by atoms with E-state index >= 15 is 0 Å². The molecule has 0 aromatic carbocycles. The third-order valence-corrected chi connectivity index (χ3v) is 1.70. The van der Waals surface area contributed by atoms with Gasteiger partial charge in [0.15, 0.2) is 0 Å². The van der Waals surface area contributed by atoms with Gasteiger partial charge in [-0.15, -0.1) is 0 Å². The Morgan fingerprint density at radius 3 is 2.08 bits per heavy atom. The lowest BCUT2D eigenvalue weighted by atomic mass is 9.85. The lowest BCUT2D eigenvalue weighted by Crippen LogP contribution is -2.06. The van der Waals surface area contributed by atoms with Crippen LogP contribution in [0.5, 0.6) is 0 Å². The van der Waals surface area contributed by atoms with Gasteiger partial charge in [0.1, 0.15) is 0 Å². The number of hydrogen-bond donors (Lipinski definition) is 0. The molecule has 0 bridgehead atoms. The van der Waals surface area contributed by atoms with Crippen molar-refractivity contribution in [2.75, 3.05) is 0 Å². The Kier molecular flexibility index (Phi) is 4.47. The van der Waals surface area contributed by atoms with Gasteiger partial charge in [0.25, 0.3) is 0 Å². The summed E-state index contributed by atoms with van der Waals surface area (Å²) in [6.45, 7) is 18.0. The minimum atomic E-state index is 0.279. The van der Waals surface area contributed by atoms with Gasteiger partial charge in [0.2, 0.25) is 0 Å². The fraction of sp³-hybridized carbons (Fsp3) is 0.385. The standard InChI is InChI=1S/C13H20/c1-7-9-12(11(3)8-2)10-13(4,5)6/h7-9H,1-3,10H2,4-6H3/b12-9-. The quantitative estimate of drug-likeness (QED) is 0.561. The highest BCUT2D eigenvalue weighted by atomic mass is 14.2. The van der Waals surface area contributed by atoms with Crippen molar-refractivity contribution in [3.8, 4) is 0 Å². The predicted octanol–water partition coefficient (Wildman–Crippen LogP) is 4.28. The first kappa shape index (κ1) is 12.0. The van der Waals surface area contributed by atoms with Crippen molar-refractivity contribution in [3.63, 3.8) is 0 Å². The summed E-state index contributed by atoms with van der Waals surface area (Å²) >= 11 is 0. The number of hydrogen-bond acceptors (Lipinski definition) is 0. The molecule has 0 aromatic heterocycles. The molecule has 0 atom stereocenters. The Bertz CT molecular complexity index is 233. The van der Waals surface area contributed by atoms with E-state index in [-0.39, 0.29) is 5.41 Å². The van der Waals surface area contributed by atoms with Gasteiger partial charge >= 0.3 is 0 Å². The molecule has 0 aliphatic heterocycles. The van der Waals surface area contributed by atoms with Gasteiger partial charge in [-0.25, -0.2) is 0 Å². The Hall–Kier alpha value is -1.04. The lowest BCUT2D eigenvalue weighted by molar-refractivity contribution is 0.412. The van der Waals surface area contributed by atoms with E-state index in [9.17, 15) is 0 Å². The second kappa shape index (κ2) is 4.86. The first-order chi connectivity index (χ1) is 5.90. The zero-order chi connectivity index (χ0) is 10.5. The minimum absolute atomic E-state index is 0.279. The highest BCUT2D eigenvalue weighted by molar-refractivity contribution is 5.38. The second-order valence-electron chi connectivity index (χ2n) is 4.39. The normalized spacial score (nSPS) is 12.4. The molecule has 0 spiro atoms. The van der Waals surface area contributed by atoms with Gasteiger partial charge in [-0.2, -0.15) is 0 Å². The smallest absolute Gasteiger partial charge is 0.0224 e. The molecule has 0 unspecified atom stereocenters. The van der Waals surface area contributed by atoms with Crippen LogP contribution in [0, 0.1) is 5.41 Å². The molecule has 0 aromatic rings. The molecule has 13 heavy (non-hydrogen) atoms. The second-order valence-corrected chi connectivity index (χ2v) is 4.39. The Morgan fingerprint density at radius 1 is 1.23 bits per heavy atom. The van der Waals surface area contributed by atoms with Crippen LogP contribution in [0.3, 0.4) is 0 Å². The van der Waals surface area contributed by atoms with Crippen LogP contribution in [-0.4, -0.2) is 0 Å². The molecule has 72 valence electrons. The maximum atomic E-state index is 3.94.